The Balaban J connectivity index is 1.33. The summed E-state index contributed by atoms with van der Waals surface area (Å²) in [4.78, 5) is 28.8. The Kier molecular flexibility index (Phi) is 7.27. The van der Waals surface area contributed by atoms with Crippen LogP contribution in [-0.4, -0.2) is 50.1 Å². The van der Waals surface area contributed by atoms with Crippen molar-refractivity contribution in [3.8, 4) is 5.75 Å². The van der Waals surface area contributed by atoms with Gasteiger partial charge < -0.3 is 20.3 Å². The summed E-state index contributed by atoms with van der Waals surface area (Å²) >= 11 is 0. The first kappa shape index (κ1) is 22.1. The van der Waals surface area contributed by atoms with E-state index in [4.69, 9.17) is 4.74 Å². The smallest absolute Gasteiger partial charge is 0.315 e. The van der Waals surface area contributed by atoms with Crippen molar-refractivity contribution in [2.75, 3.05) is 38.2 Å². The van der Waals surface area contributed by atoms with Crippen LogP contribution >= 0.6 is 0 Å². The van der Waals surface area contributed by atoms with E-state index in [1.54, 1.807) is 7.11 Å². The first-order chi connectivity index (χ1) is 15.6. The molecule has 0 aromatic heterocycles. The first-order valence-corrected chi connectivity index (χ1v) is 11.4. The second-order valence-corrected chi connectivity index (χ2v) is 8.41. The topological polar surface area (TPSA) is 73.9 Å². The van der Waals surface area contributed by atoms with Crippen molar-refractivity contribution < 1.29 is 14.3 Å². The molecule has 2 N–H and O–H groups in total. The first-order valence-electron chi connectivity index (χ1n) is 11.4. The van der Waals surface area contributed by atoms with Gasteiger partial charge in [0.05, 0.1) is 13.2 Å². The van der Waals surface area contributed by atoms with Gasteiger partial charge in [0.15, 0.2) is 0 Å². The van der Waals surface area contributed by atoms with Crippen molar-refractivity contribution in [1.82, 2.24) is 15.5 Å². The van der Waals surface area contributed by atoms with Crippen LogP contribution in [0.5, 0.6) is 5.75 Å². The quantitative estimate of drug-likeness (QED) is 0.665. The Bertz CT molecular complexity index is 925. The second-order valence-electron chi connectivity index (χ2n) is 8.41. The number of hydrogen-bond donors (Lipinski definition) is 2. The highest BCUT2D eigenvalue weighted by Crippen LogP contribution is 2.26. The number of hydrogen-bond acceptors (Lipinski definition) is 4. The Morgan fingerprint density at radius 3 is 2.50 bits per heavy atom. The van der Waals surface area contributed by atoms with Crippen LogP contribution < -0.4 is 20.3 Å². The highest BCUT2D eigenvalue weighted by molar-refractivity contribution is 5.95. The minimum atomic E-state index is -0.189. The minimum absolute atomic E-state index is 0.138. The van der Waals surface area contributed by atoms with Crippen molar-refractivity contribution in [2.45, 2.75) is 38.3 Å². The lowest BCUT2D eigenvalue weighted by Crippen LogP contribution is -2.41. The monoisotopic (exact) mass is 436 g/mol. The third kappa shape index (κ3) is 5.40. The van der Waals surface area contributed by atoms with Crippen molar-refractivity contribution in [3.63, 3.8) is 0 Å². The Morgan fingerprint density at radius 2 is 1.81 bits per heavy atom. The number of benzene rings is 2. The lowest BCUT2D eigenvalue weighted by Gasteiger charge is -2.28. The van der Waals surface area contributed by atoms with Gasteiger partial charge >= 0.3 is 6.03 Å². The summed E-state index contributed by atoms with van der Waals surface area (Å²) in [5, 5.41) is 6.00. The number of carbonyl (C=O) groups is 2. The molecule has 0 spiro atoms. The van der Waals surface area contributed by atoms with Crippen molar-refractivity contribution >= 4 is 17.6 Å². The molecule has 2 aliphatic heterocycles. The predicted molar refractivity (Wildman–Crippen MR) is 125 cm³/mol. The van der Waals surface area contributed by atoms with Crippen LogP contribution in [-0.2, 0) is 11.3 Å². The number of likely N-dealkylation sites (tertiary alicyclic amines) is 1. The second kappa shape index (κ2) is 10.5. The number of nitrogens with one attached hydrogen (secondary N) is 2. The Morgan fingerprint density at radius 1 is 1.03 bits per heavy atom. The van der Waals surface area contributed by atoms with Crippen LogP contribution in [0.15, 0.2) is 48.5 Å². The fourth-order valence-electron chi connectivity index (χ4n) is 4.53. The van der Waals surface area contributed by atoms with Gasteiger partial charge in [0.25, 0.3) is 0 Å². The zero-order chi connectivity index (χ0) is 22.3. The standard InChI is InChI=1S/C25H32N4O3/c1-32-22-11-9-20(10-12-22)23(28-13-2-3-14-28)18-27-25(31)26-17-19-6-4-7-21(16-19)29-15-5-8-24(29)30/h4,6-7,9-12,16,23H,2-3,5,8,13-15,17-18H2,1H3,(H2,26,27,31). The van der Waals surface area contributed by atoms with Gasteiger partial charge in [-0.25, -0.2) is 4.79 Å². The van der Waals surface area contributed by atoms with Crippen molar-refractivity contribution in [2.24, 2.45) is 0 Å². The number of ether oxygens (including phenoxy) is 1. The molecule has 3 amide bonds. The number of anilines is 1. The van der Waals surface area contributed by atoms with E-state index in [0.717, 1.165) is 43.1 Å². The number of methoxy groups -OCH3 is 1. The zero-order valence-electron chi connectivity index (χ0n) is 18.7. The Labute approximate surface area is 189 Å². The number of urea groups is 1. The van der Waals surface area contributed by atoms with Gasteiger partial charge in [-0.15, -0.1) is 0 Å². The SMILES string of the molecule is COc1ccc(C(CNC(=O)NCc2cccc(N3CCCC3=O)c2)N2CCCC2)cc1. The van der Waals surface area contributed by atoms with E-state index in [9.17, 15) is 9.59 Å². The Hall–Kier alpha value is -3.06. The summed E-state index contributed by atoms with van der Waals surface area (Å²) in [5.74, 6) is 0.997. The molecule has 2 saturated heterocycles. The largest absolute Gasteiger partial charge is 0.497 e. The normalized spacial score (nSPS) is 17.4. The summed E-state index contributed by atoms with van der Waals surface area (Å²) in [5.41, 5.74) is 3.06. The van der Waals surface area contributed by atoms with E-state index in [0.29, 0.717) is 19.5 Å². The maximum atomic E-state index is 12.5. The number of rotatable bonds is 8. The molecule has 4 rings (SSSR count). The molecule has 170 valence electrons. The molecule has 0 radical (unpaired) electrons. The van der Waals surface area contributed by atoms with Gasteiger partial charge in [-0.05, 0) is 67.7 Å². The molecule has 32 heavy (non-hydrogen) atoms. The highest BCUT2D eigenvalue weighted by Gasteiger charge is 2.24. The maximum Gasteiger partial charge on any atom is 0.315 e. The van der Waals surface area contributed by atoms with E-state index in [2.05, 4.69) is 27.7 Å². The van der Waals surface area contributed by atoms with Gasteiger partial charge in [-0.1, -0.05) is 24.3 Å². The van der Waals surface area contributed by atoms with Crippen molar-refractivity contribution in [3.05, 3.63) is 59.7 Å². The molecule has 2 heterocycles. The summed E-state index contributed by atoms with van der Waals surface area (Å²) < 4.78 is 5.28. The molecule has 1 atom stereocenters. The molecule has 2 aromatic carbocycles. The molecule has 7 heteroatoms. The van der Waals surface area contributed by atoms with Gasteiger partial charge in [-0.2, -0.15) is 0 Å². The molecule has 1 unspecified atom stereocenters. The number of nitrogens with zero attached hydrogens (tertiary/aromatic N) is 2. The van der Waals surface area contributed by atoms with Crippen LogP contribution in [0.4, 0.5) is 10.5 Å². The van der Waals surface area contributed by atoms with E-state index in [1.807, 2.05) is 41.3 Å². The van der Waals surface area contributed by atoms with E-state index >= 15 is 0 Å². The maximum absolute atomic E-state index is 12.5. The van der Waals surface area contributed by atoms with E-state index in [-0.39, 0.29) is 18.0 Å². The molecule has 7 nitrogen and oxygen atoms in total. The summed E-state index contributed by atoms with van der Waals surface area (Å²) in [6, 6.07) is 15.9. The predicted octanol–water partition coefficient (Wildman–Crippen LogP) is 3.46. The average molecular weight is 437 g/mol. The van der Waals surface area contributed by atoms with Gasteiger partial charge in [0, 0.05) is 31.7 Å². The molecular weight excluding hydrogens is 404 g/mol. The molecule has 2 aromatic rings. The van der Waals surface area contributed by atoms with Gasteiger partial charge in [0.2, 0.25) is 5.91 Å². The molecule has 2 aliphatic rings. The van der Waals surface area contributed by atoms with Crippen LogP contribution in [0.25, 0.3) is 0 Å². The lowest BCUT2D eigenvalue weighted by atomic mass is 10.1. The minimum Gasteiger partial charge on any atom is -0.497 e. The molecule has 0 bridgehead atoms. The van der Waals surface area contributed by atoms with Crippen LogP contribution in [0.2, 0.25) is 0 Å². The highest BCUT2D eigenvalue weighted by atomic mass is 16.5. The fraction of sp³-hybridized carbons (Fsp3) is 0.440. The van der Waals surface area contributed by atoms with Crippen LogP contribution in [0, 0.1) is 0 Å². The van der Waals surface area contributed by atoms with E-state index < -0.39 is 0 Å². The number of amides is 3. The van der Waals surface area contributed by atoms with Gasteiger partial charge in [-0.3, -0.25) is 9.69 Å². The van der Waals surface area contributed by atoms with Crippen LogP contribution in [0.1, 0.15) is 42.9 Å². The lowest BCUT2D eigenvalue weighted by molar-refractivity contribution is -0.117. The fourth-order valence-corrected chi connectivity index (χ4v) is 4.53. The summed E-state index contributed by atoms with van der Waals surface area (Å²) in [6.45, 7) is 3.81. The molecule has 2 fully saturated rings. The number of carbonyl (C=O) groups excluding carboxylic acids is 2. The summed E-state index contributed by atoms with van der Waals surface area (Å²) in [6.07, 6.45) is 3.89. The summed E-state index contributed by atoms with van der Waals surface area (Å²) in [7, 11) is 1.66. The molecule has 0 aliphatic carbocycles. The zero-order valence-corrected chi connectivity index (χ0v) is 18.7. The van der Waals surface area contributed by atoms with Crippen molar-refractivity contribution in [1.29, 1.82) is 0 Å². The average Bonchev–Trinajstić information content (AvgIpc) is 3.50. The van der Waals surface area contributed by atoms with Gasteiger partial charge in [0.1, 0.15) is 5.75 Å². The van der Waals surface area contributed by atoms with E-state index in [1.165, 1.54) is 18.4 Å². The third-order valence-corrected chi connectivity index (χ3v) is 6.29. The molecule has 0 saturated carbocycles. The molecular formula is C25H32N4O3. The third-order valence-electron chi connectivity index (χ3n) is 6.29. The van der Waals surface area contributed by atoms with Crippen LogP contribution in [0.3, 0.4) is 0 Å².